The van der Waals surface area contributed by atoms with Gasteiger partial charge in [0.25, 0.3) is 0 Å². The number of pyridine rings is 2. The highest BCUT2D eigenvalue weighted by Crippen LogP contribution is 2.30. The molecule has 4 N–H and O–H groups in total. The largest absolute Gasteiger partial charge is 0.382 e. The Labute approximate surface area is 210 Å². The lowest BCUT2D eigenvalue weighted by molar-refractivity contribution is 0.586. The first kappa shape index (κ1) is 24.1. The number of para-hydroxylation sites is 2. The summed E-state index contributed by atoms with van der Waals surface area (Å²) in [5.74, 6) is 1.50. The molecule has 0 radical (unpaired) electrons. The number of anilines is 1. The third kappa shape index (κ3) is 4.64. The number of unbranched alkanes of at least 4 members (excludes halogenated alkanes) is 2. The zero-order chi connectivity index (χ0) is 25.3. The van der Waals surface area contributed by atoms with Gasteiger partial charge in [0.1, 0.15) is 16.2 Å². The Bertz CT molecular complexity index is 1680. The lowest BCUT2D eigenvalue weighted by Gasteiger charge is -2.11. The van der Waals surface area contributed by atoms with E-state index in [1.165, 1.54) is 6.07 Å². The number of benzene rings is 2. The van der Waals surface area contributed by atoms with E-state index in [1.807, 2.05) is 36.4 Å². The smallest absolute Gasteiger partial charge is 0.240 e. The maximum atomic E-state index is 12.0. The number of nitrogens with zero attached hydrogens (tertiary/aromatic N) is 4. The van der Waals surface area contributed by atoms with Crippen LogP contribution in [0.5, 0.6) is 0 Å². The average Bonchev–Trinajstić information content (AvgIpc) is 3.23. The van der Waals surface area contributed by atoms with Crippen molar-refractivity contribution in [2.75, 3.05) is 5.73 Å². The van der Waals surface area contributed by atoms with Crippen LogP contribution in [0.15, 0.2) is 59.5 Å². The summed E-state index contributed by atoms with van der Waals surface area (Å²) in [6.07, 6.45) is 5.57. The van der Waals surface area contributed by atoms with Gasteiger partial charge in [-0.1, -0.05) is 49.7 Å². The Morgan fingerprint density at radius 2 is 1.69 bits per heavy atom. The minimum Gasteiger partial charge on any atom is -0.382 e. The van der Waals surface area contributed by atoms with Crippen LogP contribution in [0.25, 0.3) is 32.8 Å². The number of aromatic nitrogens is 4. The lowest BCUT2D eigenvalue weighted by Crippen LogP contribution is -2.13. The highest BCUT2D eigenvalue weighted by molar-refractivity contribution is 7.89. The third-order valence-corrected chi connectivity index (χ3v) is 7.50. The zero-order valence-corrected chi connectivity index (χ0v) is 21.1. The Hall–Kier alpha value is -3.56. The van der Waals surface area contributed by atoms with Gasteiger partial charge in [-0.2, -0.15) is 0 Å². The van der Waals surface area contributed by atoms with E-state index >= 15 is 0 Å². The quantitative estimate of drug-likeness (QED) is 0.280. The molecule has 36 heavy (non-hydrogen) atoms. The summed E-state index contributed by atoms with van der Waals surface area (Å²) in [5, 5.41) is 7.22. The Morgan fingerprint density at radius 3 is 2.50 bits per heavy atom. The number of hydrogen-bond acceptors (Lipinski definition) is 6. The van der Waals surface area contributed by atoms with Crippen LogP contribution in [0.2, 0.25) is 0 Å². The molecule has 3 aromatic heterocycles. The SMILES string of the molecule is CCCCc1nc2c(N)nc3ccccc3c2n1CCCCc1ccc2cccc(S(N)(=O)=O)c2n1. The summed E-state index contributed by atoms with van der Waals surface area (Å²) in [6, 6.07) is 16.9. The van der Waals surface area contributed by atoms with Gasteiger partial charge in [0.15, 0.2) is 5.82 Å². The highest BCUT2D eigenvalue weighted by Gasteiger charge is 2.17. The molecule has 5 aromatic rings. The molecule has 0 fully saturated rings. The molecule has 8 nitrogen and oxygen atoms in total. The lowest BCUT2D eigenvalue weighted by atomic mass is 10.1. The normalized spacial score (nSPS) is 12.2. The van der Waals surface area contributed by atoms with Gasteiger partial charge >= 0.3 is 0 Å². The van der Waals surface area contributed by atoms with Gasteiger partial charge in [0.05, 0.1) is 16.6 Å². The molecule has 0 unspecified atom stereocenters. The molecular formula is C27H30N6O2S. The minimum atomic E-state index is -3.84. The molecule has 0 amide bonds. The van der Waals surface area contributed by atoms with Gasteiger partial charge in [-0.15, -0.1) is 0 Å². The molecule has 0 aliphatic rings. The molecule has 186 valence electrons. The van der Waals surface area contributed by atoms with E-state index in [0.717, 1.165) is 83.9 Å². The van der Waals surface area contributed by atoms with Crippen molar-refractivity contribution in [2.45, 2.75) is 56.9 Å². The number of nitrogen functional groups attached to an aromatic ring is 1. The molecule has 0 saturated heterocycles. The van der Waals surface area contributed by atoms with E-state index in [1.54, 1.807) is 6.07 Å². The van der Waals surface area contributed by atoms with Crippen LogP contribution in [0.3, 0.4) is 0 Å². The Morgan fingerprint density at radius 1 is 0.861 bits per heavy atom. The maximum Gasteiger partial charge on any atom is 0.240 e. The van der Waals surface area contributed by atoms with Gasteiger partial charge in [-0.3, -0.25) is 4.98 Å². The van der Waals surface area contributed by atoms with Crippen molar-refractivity contribution in [3.8, 4) is 0 Å². The van der Waals surface area contributed by atoms with Crippen LogP contribution in [0, 0.1) is 0 Å². The van der Waals surface area contributed by atoms with Crippen LogP contribution >= 0.6 is 0 Å². The molecule has 5 rings (SSSR count). The van der Waals surface area contributed by atoms with Gasteiger partial charge in [-0.25, -0.2) is 23.5 Å². The molecule has 0 atom stereocenters. The predicted octanol–water partition coefficient (Wildman–Crippen LogP) is 4.73. The Balaban J connectivity index is 1.41. The molecule has 0 spiro atoms. The molecule has 0 aliphatic heterocycles. The second-order valence-corrected chi connectivity index (χ2v) is 10.7. The molecule has 3 heterocycles. The van der Waals surface area contributed by atoms with E-state index in [9.17, 15) is 8.42 Å². The number of hydrogen-bond donors (Lipinski definition) is 2. The van der Waals surface area contributed by atoms with Crippen LogP contribution in [0.4, 0.5) is 5.82 Å². The molecule has 2 aromatic carbocycles. The van der Waals surface area contributed by atoms with E-state index in [2.05, 4.69) is 27.5 Å². The van der Waals surface area contributed by atoms with Gasteiger partial charge in [0.2, 0.25) is 10.0 Å². The van der Waals surface area contributed by atoms with E-state index in [0.29, 0.717) is 11.3 Å². The van der Waals surface area contributed by atoms with Crippen molar-refractivity contribution >= 4 is 48.7 Å². The average molecular weight is 503 g/mol. The highest BCUT2D eigenvalue weighted by atomic mass is 32.2. The monoisotopic (exact) mass is 502 g/mol. The van der Waals surface area contributed by atoms with Gasteiger partial charge < -0.3 is 10.3 Å². The summed E-state index contributed by atoms with van der Waals surface area (Å²) in [4.78, 5) is 14.2. The minimum absolute atomic E-state index is 0.0605. The van der Waals surface area contributed by atoms with Crippen molar-refractivity contribution in [1.29, 1.82) is 0 Å². The first-order valence-electron chi connectivity index (χ1n) is 12.3. The number of rotatable bonds is 9. The molecule has 9 heteroatoms. The second kappa shape index (κ2) is 9.83. The number of aryl methyl sites for hydroxylation is 3. The predicted molar refractivity (Wildman–Crippen MR) is 144 cm³/mol. The third-order valence-electron chi connectivity index (χ3n) is 6.56. The first-order chi connectivity index (χ1) is 17.4. The molecule has 0 aliphatic carbocycles. The van der Waals surface area contributed by atoms with Crippen molar-refractivity contribution in [2.24, 2.45) is 5.14 Å². The number of fused-ring (bicyclic) bond motifs is 4. The summed E-state index contributed by atoms with van der Waals surface area (Å²) in [7, 11) is -3.84. The van der Waals surface area contributed by atoms with Crippen LogP contribution in [-0.4, -0.2) is 27.9 Å². The summed E-state index contributed by atoms with van der Waals surface area (Å²) < 4.78 is 26.3. The molecule has 0 bridgehead atoms. The van der Waals surface area contributed by atoms with Crippen LogP contribution < -0.4 is 10.9 Å². The second-order valence-electron chi connectivity index (χ2n) is 9.13. The van der Waals surface area contributed by atoms with E-state index in [-0.39, 0.29) is 4.90 Å². The standard InChI is InChI=1S/C27H30N6O2S/c1-2-3-14-23-32-25-26(20-11-4-5-12-21(20)31-27(25)28)33(23)17-7-6-10-19-16-15-18-9-8-13-22(24(18)30-19)36(29,34)35/h4-5,8-9,11-13,15-16H,2-3,6-7,10,14,17H2,1H3,(H2,28,31)(H2,29,34,35). The fourth-order valence-corrected chi connectivity index (χ4v) is 5.48. The van der Waals surface area contributed by atoms with E-state index < -0.39 is 10.0 Å². The number of nitrogens with two attached hydrogens (primary N) is 2. The van der Waals surface area contributed by atoms with E-state index in [4.69, 9.17) is 15.9 Å². The first-order valence-corrected chi connectivity index (χ1v) is 13.9. The van der Waals surface area contributed by atoms with Crippen molar-refractivity contribution in [3.05, 3.63) is 66.1 Å². The van der Waals surface area contributed by atoms with Crippen molar-refractivity contribution in [1.82, 2.24) is 19.5 Å². The fourth-order valence-electron chi connectivity index (χ4n) is 4.78. The van der Waals surface area contributed by atoms with Gasteiger partial charge in [-0.05, 0) is 43.9 Å². The van der Waals surface area contributed by atoms with Gasteiger partial charge in [0, 0.05) is 29.4 Å². The number of sulfonamides is 1. The Kier molecular flexibility index (Phi) is 6.59. The van der Waals surface area contributed by atoms with Crippen LogP contribution in [-0.2, 0) is 29.4 Å². The van der Waals surface area contributed by atoms with Crippen molar-refractivity contribution in [3.63, 3.8) is 0 Å². The summed E-state index contributed by atoms with van der Waals surface area (Å²) in [5.41, 5.74) is 10.3. The fraction of sp³-hybridized carbons (Fsp3) is 0.296. The van der Waals surface area contributed by atoms with Crippen molar-refractivity contribution < 1.29 is 8.42 Å². The topological polar surface area (TPSA) is 130 Å². The molecular weight excluding hydrogens is 472 g/mol. The summed E-state index contributed by atoms with van der Waals surface area (Å²) >= 11 is 0. The number of primary sulfonamides is 1. The number of imidazole rings is 1. The molecule has 0 saturated carbocycles. The zero-order valence-electron chi connectivity index (χ0n) is 20.3. The summed E-state index contributed by atoms with van der Waals surface area (Å²) in [6.45, 7) is 2.98. The van der Waals surface area contributed by atoms with Crippen LogP contribution in [0.1, 0.15) is 44.1 Å². The maximum absolute atomic E-state index is 12.0.